The van der Waals surface area contributed by atoms with Gasteiger partial charge in [0, 0.05) is 5.33 Å². The number of rotatable bonds is 1. The average Bonchev–Trinajstić information content (AvgIpc) is 2.51. The Hall–Kier alpha value is -3.10. The van der Waals surface area contributed by atoms with Crippen LogP contribution in [0.15, 0.2) is 22.3 Å². The van der Waals surface area contributed by atoms with Gasteiger partial charge in [0.15, 0.2) is 0 Å². The van der Waals surface area contributed by atoms with Crippen LogP contribution in [-0.2, 0) is 0 Å². The number of alkyl halides is 1. The van der Waals surface area contributed by atoms with E-state index in [0.717, 1.165) is 0 Å². The van der Waals surface area contributed by atoms with Crippen molar-refractivity contribution in [3.63, 3.8) is 0 Å². The summed E-state index contributed by atoms with van der Waals surface area (Å²) in [6, 6.07) is 10.4. The van der Waals surface area contributed by atoms with Gasteiger partial charge in [-0.1, -0.05) is 15.9 Å². The second-order valence-electron chi connectivity index (χ2n) is 3.76. The van der Waals surface area contributed by atoms with Crippen molar-refractivity contribution in [2.45, 2.75) is 0 Å². The largest absolute Gasteiger partial charge is 0.198 e. The van der Waals surface area contributed by atoms with Crippen LogP contribution in [-0.4, -0.2) is 5.33 Å². The summed E-state index contributed by atoms with van der Waals surface area (Å²) >= 11 is 3.06. The molecule has 0 aromatic heterocycles. The zero-order valence-corrected chi connectivity index (χ0v) is 11.4. The smallest absolute Gasteiger partial charge is 0.124 e. The fourth-order valence-electron chi connectivity index (χ4n) is 1.99. The lowest BCUT2D eigenvalue weighted by Gasteiger charge is -2.32. The highest BCUT2D eigenvalue weighted by atomic mass is 79.9. The lowest BCUT2D eigenvalue weighted by atomic mass is 9.64. The standard InChI is InChI=1S/C13H3BrN6/c14-6-13(7-20)11(4-18)9(2-16)8(1-15)10(3-17)12(13)5-19/h11H,6H2. The lowest BCUT2D eigenvalue weighted by Crippen LogP contribution is -2.37. The molecule has 1 rings (SSSR count). The van der Waals surface area contributed by atoms with E-state index in [4.69, 9.17) is 15.8 Å². The van der Waals surface area contributed by atoms with Crippen LogP contribution in [0.5, 0.6) is 0 Å². The van der Waals surface area contributed by atoms with Crippen LogP contribution in [0.25, 0.3) is 0 Å². The first kappa shape index (κ1) is 15.0. The first-order valence-corrected chi connectivity index (χ1v) is 6.20. The molecule has 20 heavy (non-hydrogen) atoms. The van der Waals surface area contributed by atoms with E-state index < -0.39 is 11.3 Å². The van der Waals surface area contributed by atoms with E-state index in [0.29, 0.717) is 0 Å². The molecule has 0 saturated heterocycles. The topological polar surface area (TPSA) is 143 Å². The maximum absolute atomic E-state index is 9.39. The SMILES string of the molecule is N#CC1=C(C#N)C(C#N)C(C#N)(CBr)C(C#N)=C1C#N. The van der Waals surface area contributed by atoms with Crippen molar-refractivity contribution in [1.29, 1.82) is 31.6 Å². The Morgan fingerprint density at radius 2 is 1.50 bits per heavy atom. The molecule has 0 aromatic carbocycles. The van der Waals surface area contributed by atoms with Crippen LogP contribution in [0.4, 0.5) is 0 Å². The minimum atomic E-state index is -1.65. The molecule has 1 aliphatic rings. The van der Waals surface area contributed by atoms with Gasteiger partial charge in [-0.05, 0) is 0 Å². The van der Waals surface area contributed by atoms with Gasteiger partial charge in [-0.3, -0.25) is 0 Å². The molecule has 92 valence electrons. The van der Waals surface area contributed by atoms with Crippen molar-refractivity contribution >= 4 is 15.9 Å². The number of nitrogens with zero attached hydrogens (tertiary/aromatic N) is 6. The molecule has 1 aliphatic carbocycles. The van der Waals surface area contributed by atoms with E-state index in [9.17, 15) is 15.8 Å². The molecule has 0 bridgehead atoms. The van der Waals surface area contributed by atoms with Crippen LogP contribution in [0, 0.1) is 79.3 Å². The molecule has 0 aromatic rings. The summed E-state index contributed by atoms with van der Waals surface area (Å²) in [5, 5.41) is 55.1. The maximum atomic E-state index is 9.39. The highest BCUT2D eigenvalue weighted by molar-refractivity contribution is 9.09. The summed E-state index contributed by atoms with van der Waals surface area (Å²) in [6.45, 7) is 0. The van der Waals surface area contributed by atoms with E-state index in [2.05, 4.69) is 15.9 Å². The van der Waals surface area contributed by atoms with Gasteiger partial charge >= 0.3 is 0 Å². The van der Waals surface area contributed by atoms with Crippen LogP contribution >= 0.6 is 15.9 Å². The molecule has 7 heteroatoms. The molecule has 0 heterocycles. The number of allylic oxidation sites excluding steroid dienone is 4. The molecule has 2 unspecified atom stereocenters. The van der Waals surface area contributed by atoms with Gasteiger partial charge < -0.3 is 0 Å². The van der Waals surface area contributed by atoms with Crippen molar-refractivity contribution in [3.05, 3.63) is 22.3 Å². The summed E-state index contributed by atoms with van der Waals surface area (Å²) < 4.78 is 0. The second kappa shape index (κ2) is 5.69. The van der Waals surface area contributed by atoms with Crippen molar-refractivity contribution in [1.82, 2.24) is 0 Å². The van der Waals surface area contributed by atoms with Crippen molar-refractivity contribution in [3.8, 4) is 36.4 Å². The van der Waals surface area contributed by atoms with Gasteiger partial charge in [0.25, 0.3) is 0 Å². The van der Waals surface area contributed by atoms with E-state index in [1.54, 1.807) is 30.3 Å². The molecule has 0 fully saturated rings. The number of hydrogen-bond acceptors (Lipinski definition) is 6. The third kappa shape index (κ3) is 1.72. The Bertz CT molecular complexity index is 778. The van der Waals surface area contributed by atoms with Gasteiger partial charge in [0.05, 0.1) is 46.6 Å². The molecule has 0 saturated carbocycles. The van der Waals surface area contributed by atoms with E-state index >= 15 is 0 Å². The number of halogens is 1. The highest BCUT2D eigenvalue weighted by Crippen LogP contribution is 2.47. The quantitative estimate of drug-likeness (QED) is 0.672. The normalized spacial score (nSPS) is 24.4. The van der Waals surface area contributed by atoms with Crippen LogP contribution in [0.1, 0.15) is 0 Å². The summed E-state index contributed by atoms with van der Waals surface area (Å²) in [7, 11) is 0. The van der Waals surface area contributed by atoms with Gasteiger partial charge in [-0.15, -0.1) is 0 Å². The number of nitriles is 6. The Labute approximate surface area is 123 Å². The molecule has 0 spiro atoms. The zero-order valence-electron chi connectivity index (χ0n) is 9.85. The summed E-state index contributed by atoms with van der Waals surface area (Å²) in [4.78, 5) is 0. The first-order valence-electron chi connectivity index (χ1n) is 5.08. The van der Waals surface area contributed by atoms with Gasteiger partial charge in [0.2, 0.25) is 0 Å². The van der Waals surface area contributed by atoms with E-state index in [1.165, 1.54) is 0 Å². The molecule has 0 N–H and O–H groups in total. The molecule has 0 radical (unpaired) electrons. The lowest BCUT2D eigenvalue weighted by molar-refractivity contribution is 0.457. The average molecular weight is 323 g/mol. The fraction of sp³-hybridized carbons (Fsp3) is 0.231. The van der Waals surface area contributed by atoms with Crippen LogP contribution < -0.4 is 0 Å². The highest BCUT2D eigenvalue weighted by Gasteiger charge is 2.51. The predicted molar refractivity (Wildman–Crippen MR) is 67.4 cm³/mol. The van der Waals surface area contributed by atoms with Crippen LogP contribution in [0.3, 0.4) is 0 Å². The third-order valence-electron chi connectivity index (χ3n) is 2.99. The van der Waals surface area contributed by atoms with Gasteiger partial charge in [-0.2, -0.15) is 31.6 Å². The zero-order chi connectivity index (χ0) is 15.3. The fourth-order valence-corrected chi connectivity index (χ4v) is 2.72. The third-order valence-corrected chi connectivity index (χ3v) is 3.88. The van der Waals surface area contributed by atoms with Gasteiger partial charge in [-0.25, -0.2) is 0 Å². The van der Waals surface area contributed by atoms with Crippen molar-refractivity contribution in [2.75, 3.05) is 5.33 Å². The summed E-state index contributed by atoms with van der Waals surface area (Å²) in [5.41, 5.74) is -2.81. The predicted octanol–water partition coefficient (Wildman–Crippen LogP) is 1.73. The molecule has 0 aliphatic heterocycles. The van der Waals surface area contributed by atoms with Crippen LogP contribution in [0.2, 0.25) is 0 Å². The Morgan fingerprint density at radius 3 is 1.80 bits per heavy atom. The second-order valence-corrected chi connectivity index (χ2v) is 4.33. The minimum Gasteiger partial charge on any atom is -0.198 e. The minimum absolute atomic E-state index is 0.104. The van der Waals surface area contributed by atoms with Crippen molar-refractivity contribution in [2.24, 2.45) is 11.3 Å². The van der Waals surface area contributed by atoms with E-state index in [1.807, 2.05) is 6.07 Å². The number of hydrogen-bond donors (Lipinski definition) is 0. The van der Waals surface area contributed by atoms with E-state index in [-0.39, 0.29) is 27.6 Å². The van der Waals surface area contributed by atoms with Gasteiger partial charge in [0.1, 0.15) is 23.5 Å². The summed E-state index contributed by atoms with van der Waals surface area (Å²) in [6.07, 6.45) is 0. The molecular formula is C13H3BrN6. The monoisotopic (exact) mass is 322 g/mol. The molecular weight excluding hydrogens is 320 g/mol. The molecule has 6 nitrogen and oxygen atoms in total. The maximum Gasteiger partial charge on any atom is 0.124 e. The Morgan fingerprint density at radius 1 is 0.900 bits per heavy atom. The van der Waals surface area contributed by atoms with Crippen molar-refractivity contribution < 1.29 is 0 Å². The Balaban J connectivity index is 4.02. The first-order chi connectivity index (χ1) is 9.61. The summed E-state index contributed by atoms with van der Waals surface area (Å²) in [5.74, 6) is -1.28. The Kier molecular flexibility index (Phi) is 4.26. The molecule has 2 atom stereocenters. The molecule has 0 amide bonds.